The molecule has 0 unspecified atom stereocenters. The summed E-state index contributed by atoms with van der Waals surface area (Å²) < 4.78 is 0. The number of aromatic amines is 1. The molecule has 1 atom stereocenters. The summed E-state index contributed by atoms with van der Waals surface area (Å²) in [4.78, 5) is 24.6. The van der Waals surface area contributed by atoms with E-state index in [4.69, 9.17) is 5.11 Å². The summed E-state index contributed by atoms with van der Waals surface area (Å²) in [7, 11) is 0. The molecule has 0 aliphatic carbocycles. The van der Waals surface area contributed by atoms with E-state index in [0.717, 1.165) is 0 Å². The molecule has 14 heavy (non-hydrogen) atoms. The molecule has 1 aromatic rings. The van der Waals surface area contributed by atoms with Gasteiger partial charge in [-0.1, -0.05) is 6.07 Å². The highest BCUT2D eigenvalue weighted by Gasteiger charge is 2.08. The van der Waals surface area contributed by atoms with Crippen molar-refractivity contribution in [1.29, 1.82) is 0 Å². The molecular formula is C9H12N2O3. The Morgan fingerprint density at radius 2 is 2.36 bits per heavy atom. The highest BCUT2D eigenvalue weighted by atomic mass is 16.3. The quantitative estimate of drug-likeness (QED) is 0.608. The summed E-state index contributed by atoms with van der Waals surface area (Å²) in [5, 5.41) is 11.2. The summed E-state index contributed by atoms with van der Waals surface area (Å²) in [5.41, 5.74) is -0.132. The minimum atomic E-state index is -0.399. The molecule has 0 saturated carbocycles. The number of rotatable bonds is 3. The van der Waals surface area contributed by atoms with Crippen LogP contribution in [0, 0.1) is 0 Å². The van der Waals surface area contributed by atoms with Crippen molar-refractivity contribution in [2.75, 3.05) is 6.61 Å². The fourth-order valence-electron chi connectivity index (χ4n) is 0.927. The van der Waals surface area contributed by atoms with Crippen molar-refractivity contribution in [2.45, 2.75) is 13.0 Å². The Morgan fingerprint density at radius 1 is 1.64 bits per heavy atom. The standard InChI is InChI=1S/C9H12N2O3/c1-6(5-12)10-9(14)7-3-2-4-8(13)11-7/h2-4,6,12H,5H2,1H3,(H,10,14)(H,11,13)/t6-/m1/s1. The van der Waals surface area contributed by atoms with E-state index in [2.05, 4.69) is 10.3 Å². The SMILES string of the molecule is C[C@H](CO)NC(=O)c1cccc(=O)[nH]1. The molecule has 5 heteroatoms. The van der Waals surface area contributed by atoms with E-state index < -0.39 is 5.91 Å². The van der Waals surface area contributed by atoms with Gasteiger partial charge >= 0.3 is 0 Å². The first kappa shape index (κ1) is 10.5. The van der Waals surface area contributed by atoms with Crippen LogP contribution in [0.3, 0.4) is 0 Å². The smallest absolute Gasteiger partial charge is 0.268 e. The van der Waals surface area contributed by atoms with Gasteiger partial charge in [-0.25, -0.2) is 0 Å². The number of pyridine rings is 1. The molecule has 0 aliphatic heterocycles. The van der Waals surface area contributed by atoms with Crippen molar-refractivity contribution in [3.63, 3.8) is 0 Å². The van der Waals surface area contributed by atoms with Gasteiger partial charge in [-0.2, -0.15) is 0 Å². The Balaban J connectivity index is 2.75. The second-order valence-corrected chi connectivity index (χ2v) is 2.99. The van der Waals surface area contributed by atoms with Crippen LogP contribution < -0.4 is 10.9 Å². The van der Waals surface area contributed by atoms with Crippen LogP contribution in [0.1, 0.15) is 17.4 Å². The zero-order valence-electron chi connectivity index (χ0n) is 7.78. The molecule has 1 rings (SSSR count). The maximum Gasteiger partial charge on any atom is 0.268 e. The molecule has 0 bridgehead atoms. The lowest BCUT2D eigenvalue weighted by atomic mass is 10.3. The van der Waals surface area contributed by atoms with E-state index in [9.17, 15) is 9.59 Å². The highest BCUT2D eigenvalue weighted by molar-refractivity contribution is 5.92. The van der Waals surface area contributed by atoms with Gasteiger partial charge in [0, 0.05) is 12.1 Å². The number of nitrogens with one attached hydrogen (secondary N) is 2. The lowest BCUT2D eigenvalue weighted by molar-refractivity contribution is 0.0917. The van der Waals surface area contributed by atoms with Crippen LogP contribution in [0.2, 0.25) is 0 Å². The van der Waals surface area contributed by atoms with Gasteiger partial charge in [0.25, 0.3) is 5.91 Å². The molecule has 1 heterocycles. The van der Waals surface area contributed by atoms with Crippen LogP contribution in [-0.4, -0.2) is 28.6 Å². The van der Waals surface area contributed by atoms with Gasteiger partial charge in [-0.3, -0.25) is 9.59 Å². The lowest BCUT2D eigenvalue weighted by Crippen LogP contribution is -2.36. The second kappa shape index (κ2) is 4.57. The van der Waals surface area contributed by atoms with Gasteiger partial charge < -0.3 is 15.4 Å². The average molecular weight is 196 g/mol. The highest BCUT2D eigenvalue weighted by Crippen LogP contribution is 1.91. The summed E-state index contributed by atoms with van der Waals surface area (Å²) >= 11 is 0. The van der Waals surface area contributed by atoms with Crippen LogP contribution in [0.5, 0.6) is 0 Å². The molecule has 0 spiro atoms. The van der Waals surface area contributed by atoms with Crippen molar-refractivity contribution in [2.24, 2.45) is 0 Å². The number of amides is 1. The van der Waals surface area contributed by atoms with E-state index in [1.54, 1.807) is 6.92 Å². The first-order valence-electron chi connectivity index (χ1n) is 4.24. The van der Waals surface area contributed by atoms with Gasteiger partial charge in [-0.05, 0) is 13.0 Å². The molecule has 0 fully saturated rings. The molecule has 3 N–H and O–H groups in total. The monoisotopic (exact) mass is 196 g/mol. The number of aliphatic hydroxyl groups excluding tert-OH is 1. The van der Waals surface area contributed by atoms with Crippen molar-refractivity contribution in [3.8, 4) is 0 Å². The maximum atomic E-state index is 11.4. The van der Waals surface area contributed by atoms with E-state index in [-0.39, 0.29) is 23.9 Å². The van der Waals surface area contributed by atoms with Crippen LogP contribution in [0.4, 0.5) is 0 Å². The number of H-pyrrole nitrogens is 1. The molecular weight excluding hydrogens is 184 g/mol. The zero-order valence-corrected chi connectivity index (χ0v) is 7.78. The molecule has 0 radical (unpaired) electrons. The molecule has 0 saturated heterocycles. The zero-order chi connectivity index (χ0) is 10.6. The Kier molecular flexibility index (Phi) is 3.41. The molecule has 1 amide bonds. The number of aliphatic hydroxyl groups is 1. The number of hydrogen-bond acceptors (Lipinski definition) is 3. The third-order valence-corrected chi connectivity index (χ3v) is 1.66. The molecule has 0 aromatic carbocycles. The first-order valence-corrected chi connectivity index (χ1v) is 4.24. The largest absolute Gasteiger partial charge is 0.394 e. The van der Waals surface area contributed by atoms with Gasteiger partial charge in [0.1, 0.15) is 5.69 Å². The third-order valence-electron chi connectivity index (χ3n) is 1.66. The molecule has 5 nitrogen and oxygen atoms in total. The summed E-state index contributed by atoms with van der Waals surface area (Å²) in [6.45, 7) is 1.53. The minimum absolute atomic E-state index is 0.136. The van der Waals surface area contributed by atoms with E-state index >= 15 is 0 Å². The van der Waals surface area contributed by atoms with Gasteiger partial charge in [-0.15, -0.1) is 0 Å². The summed E-state index contributed by atoms with van der Waals surface area (Å²) in [6, 6.07) is 4.00. The summed E-state index contributed by atoms with van der Waals surface area (Å²) in [5.74, 6) is -0.399. The van der Waals surface area contributed by atoms with Crippen molar-refractivity contribution >= 4 is 5.91 Å². The lowest BCUT2D eigenvalue weighted by Gasteiger charge is -2.09. The van der Waals surface area contributed by atoms with Gasteiger partial charge in [0.2, 0.25) is 5.56 Å². The second-order valence-electron chi connectivity index (χ2n) is 2.99. The van der Waals surface area contributed by atoms with E-state index in [1.807, 2.05) is 0 Å². The number of carbonyl (C=O) groups is 1. The Morgan fingerprint density at radius 3 is 2.93 bits per heavy atom. The third kappa shape index (κ3) is 2.70. The Bertz CT molecular complexity index is 372. The molecule has 1 aromatic heterocycles. The Hall–Kier alpha value is -1.62. The predicted octanol–water partition coefficient (Wildman–Crippen LogP) is -0.514. The van der Waals surface area contributed by atoms with E-state index in [1.165, 1.54) is 18.2 Å². The normalized spacial score (nSPS) is 12.1. The van der Waals surface area contributed by atoms with E-state index in [0.29, 0.717) is 0 Å². The van der Waals surface area contributed by atoms with Crippen LogP contribution in [-0.2, 0) is 0 Å². The average Bonchev–Trinajstić information content (AvgIpc) is 2.17. The fourth-order valence-corrected chi connectivity index (χ4v) is 0.927. The summed E-state index contributed by atoms with van der Waals surface area (Å²) in [6.07, 6.45) is 0. The fraction of sp³-hybridized carbons (Fsp3) is 0.333. The van der Waals surface area contributed by atoms with Crippen LogP contribution in [0.15, 0.2) is 23.0 Å². The van der Waals surface area contributed by atoms with Crippen molar-refractivity contribution in [3.05, 3.63) is 34.2 Å². The van der Waals surface area contributed by atoms with Gasteiger partial charge in [0.15, 0.2) is 0 Å². The number of hydrogen-bond donors (Lipinski definition) is 3. The van der Waals surface area contributed by atoms with Crippen molar-refractivity contribution in [1.82, 2.24) is 10.3 Å². The van der Waals surface area contributed by atoms with Crippen LogP contribution >= 0.6 is 0 Å². The van der Waals surface area contributed by atoms with Gasteiger partial charge in [0.05, 0.1) is 6.61 Å². The molecule has 0 aliphatic rings. The maximum absolute atomic E-state index is 11.4. The first-order chi connectivity index (χ1) is 6.63. The minimum Gasteiger partial charge on any atom is -0.394 e. The topological polar surface area (TPSA) is 82.2 Å². The molecule has 76 valence electrons. The Labute approximate surface area is 80.8 Å². The van der Waals surface area contributed by atoms with Crippen LogP contribution in [0.25, 0.3) is 0 Å². The van der Waals surface area contributed by atoms with Crippen molar-refractivity contribution < 1.29 is 9.90 Å². The number of aromatic nitrogens is 1. The predicted molar refractivity (Wildman–Crippen MR) is 51.1 cm³/mol. The number of carbonyl (C=O) groups excluding carboxylic acids is 1.